The summed E-state index contributed by atoms with van der Waals surface area (Å²) in [6.07, 6.45) is 4.33. The minimum absolute atomic E-state index is 0.0130. The van der Waals surface area contributed by atoms with E-state index in [-0.39, 0.29) is 25.0 Å². The number of likely N-dealkylation sites (tertiary alicyclic amines) is 1. The Morgan fingerprint density at radius 3 is 2.84 bits per heavy atom. The summed E-state index contributed by atoms with van der Waals surface area (Å²) in [5.41, 5.74) is 0. The molecule has 6 nitrogen and oxygen atoms in total. The molecule has 0 saturated carbocycles. The fourth-order valence-electron chi connectivity index (χ4n) is 2.09. The number of hydrogen-bond donors (Lipinski definition) is 1. The smallest absolute Gasteiger partial charge is 0.223 e. The van der Waals surface area contributed by atoms with Crippen molar-refractivity contribution >= 4 is 15.9 Å². The lowest BCUT2D eigenvalue weighted by Crippen LogP contribution is -2.44. The first-order chi connectivity index (χ1) is 8.92. The molecule has 0 aromatic rings. The van der Waals surface area contributed by atoms with Crippen LogP contribution in [0.1, 0.15) is 32.6 Å². The lowest BCUT2D eigenvalue weighted by Gasteiger charge is -2.32. The van der Waals surface area contributed by atoms with E-state index >= 15 is 0 Å². The van der Waals surface area contributed by atoms with Crippen molar-refractivity contribution in [1.82, 2.24) is 9.62 Å². The van der Waals surface area contributed by atoms with E-state index in [4.69, 9.17) is 4.74 Å². The Morgan fingerprint density at radius 1 is 1.47 bits per heavy atom. The first-order valence-electron chi connectivity index (χ1n) is 6.76. The van der Waals surface area contributed by atoms with Crippen LogP contribution in [0.2, 0.25) is 0 Å². The van der Waals surface area contributed by atoms with E-state index in [1.807, 2.05) is 0 Å². The van der Waals surface area contributed by atoms with Crippen molar-refractivity contribution in [3.63, 3.8) is 0 Å². The van der Waals surface area contributed by atoms with Crippen molar-refractivity contribution < 1.29 is 17.9 Å². The standard InChI is InChI=1S/C12H24N2O4S/c1-3-9-18-11-5-4-8-14(10-11)12(15)6-7-13-19(2,16)17/h11,13H,3-10H2,1-2H3/t11-/m0/s1. The summed E-state index contributed by atoms with van der Waals surface area (Å²) in [6.45, 7) is 4.31. The molecule has 1 aliphatic heterocycles. The van der Waals surface area contributed by atoms with E-state index in [1.54, 1.807) is 4.90 Å². The van der Waals surface area contributed by atoms with Crippen LogP contribution >= 0.6 is 0 Å². The van der Waals surface area contributed by atoms with Crippen molar-refractivity contribution in [1.29, 1.82) is 0 Å². The van der Waals surface area contributed by atoms with Gasteiger partial charge in [-0.2, -0.15) is 0 Å². The molecule has 0 aromatic heterocycles. The lowest BCUT2D eigenvalue weighted by molar-refractivity contribution is -0.135. The van der Waals surface area contributed by atoms with Crippen molar-refractivity contribution in [2.75, 3.05) is 32.5 Å². The van der Waals surface area contributed by atoms with E-state index in [2.05, 4.69) is 11.6 Å². The van der Waals surface area contributed by atoms with Crippen molar-refractivity contribution in [3.8, 4) is 0 Å². The van der Waals surface area contributed by atoms with Gasteiger partial charge in [-0.05, 0) is 19.3 Å². The van der Waals surface area contributed by atoms with Gasteiger partial charge in [0.15, 0.2) is 0 Å². The maximum absolute atomic E-state index is 11.9. The Labute approximate surface area is 115 Å². The molecule has 0 radical (unpaired) electrons. The van der Waals surface area contributed by atoms with Gasteiger partial charge in [0.05, 0.1) is 12.4 Å². The highest BCUT2D eigenvalue weighted by Crippen LogP contribution is 2.14. The summed E-state index contributed by atoms with van der Waals surface area (Å²) in [6, 6.07) is 0. The molecule has 7 heteroatoms. The van der Waals surface area contributed by atoms with Crippen LogP contribution in [-0.4, -0.2) is 57.8 Å². The summed E-state index contributed by atoms with van der Waals surface area (Å²) in [7, 11) is -3.22. The number of rotatable bonds is 7. The number of nitrogens with one attached hydrogen (secondary N) is 1. The fourth-order valence-corrected chi connectivity index (χ4v) is 2.56. The van der Waals surface area contributed by atoms with Crippen LogP contribution in [0.4, 0.5) is 0 Å². The highest BCUT2D eigenvalue weighted by atomic mass is 32.2. The van der Waals surface area contributed by atoms with E-state index in [1.165, 1.54) is 0 Å². The Hall–Kier alpha value is -0.660. The third kappa shape index (κ3) is 6.89. The topological polar surface area (TPSA) is 75.7 Å². The Kier molecular flexibility index (Phi) is 6.74. The van der Waals surface area contributed by atoms with E-state index in [0.717, 1.165) is 38.7 Å². The van der Waals surface area contributed by atoms with Gasteiger partial charge in [0.1, 0.15) is 0 Å². The molecule has 19 heavy (non-hydrogen) atoms. The van der Waals surface area contributed by atoms with Gasteiger partial charge in [-0.3, -0.25) is 4.79 Å². The number of hydrogen-bond acceptors (Lipinski definition) is 4. The third-order valence-electron chi connectivity index (χ3n) is 2.99. The Balaban J connectivity index is 2.31. The summed E-state index contributed by atoms with van der Waals surface area (Å²) in [5, 5.41) is 0. The van der Waals surface area contributed by atoms with Crippen LogP contribution in [0.15, 0.2) is 0 Å². The highest BCUT2D eigenvalue weighted by molar-refractivity contribution is 7.88. The van der Waals surface area contributed by atoms with E-state index < -0.39 is 10.0 Å². The van der Waals surface area contributed by atoms with Gasteiger partial charge in [0.25, 0.3) is 0 Å². The summed E-state index contributed by atoms with van der Waals surface area (Å²) < 4.78 is 29.8. The maximum Gasteiger partial charge on any atom is 0.223 e. The molecule has 1 N–H and O–H groups in total. The van der Waals surface area contributed by atoms with Crippen molar-refractivity contribution in [2.45, 2.75) is 38.7 Å². The predicted molar refractivity (Wildman–Crippen MR) is 73.3 cm³/mol. The van der Waals surface area contributed by atoms with E-state index in [0.29, 0.717) is 6.54 Å². The highest BCUT2D eigenvalue weighted by Gasteiger charge is 2.23. The van der Waals surface area contributed by atoms with Gasteiger partial charge in [-0.1, -0.05) is 6.92 Å². The Morgan fingerprint density at radius 2 is 2.21 bits per heavy atom. The number of nitrogens with zero attached hydrogens (tertiary/aromatic N) is 1. The van der Waals surface area contributed by atoms with Gasteiger partial charge in [-0.15, -0.1) is 0 Å². The molecule has 1 fully saturated rings. The summed E-state index contributed by atoms with van der Waals surface area (Å²) in [4.78, 5) is 13.7. The second kappa shape index (κ2) is 7.81. The summed E-state index contributed by atoms with van der Waals surface area (Å²) in [5.74, 6) is -0.0130. The number of amides is 1. The molecular formula is C12H24N2O4S. The molecule has 1 amide bonds. The van der Waals surface area contributed by atoms with Gasteiger partial charge < -0.3 is 9.64 Å². The number of sulfonamides is 1. The summed E-state index contributed by atoms with van der Waals surface area (Å²) >= 11 is 0. The average molecular weight is 292 g/mol. The number of carbonyl (C=O) groups is 1. The van der Waals surface area contributed by atoms with E-state index in [9.17, 15) is 13.2 Å². The first kappa shape index (κ1) is 16.4. The minimum atomic E-state index is -3.22. The quantitative estimate of drug-likeness (QED) is 0.734. The van der Waals surface area contributed by atoms with Crippen LogP contribution in [-0.2, 0) is 19.6 Å². The van der Waals surface area contributed by atoms with Gasteiger partial charge >= 0.3 is 0 Å². The zero-order valence-corrected chi connectivity index (χ0v) is 12.5. The van der Waals surface area contributed by atoms with Crippen LogP contribution in [0.25, 0.3) is 0 Å². The molecule has 0 bridgehead atoms. The SMILES string of the molecule is CCCO[C@H]1CCCN(C(=O)CCNS(C)(=O)=O)C1. The third-order valence-corrected chi connectivity index (χ3v) is 3.72. The molecular weight excluding hydrogens is 268 g/mol. The monoisotopic (exact) mass is 292 g/mol. The molecule has 1 atom stereocenters. The second-order valence-electron chi connectivity index (χ2n) is 4.89. The minimum Gasteiger partial charge on any atom is -0.376 e. The van der Waals surface area contributed by atoms with Crippen molar-refractivity contribution in [2.24, 2.45) is 0 Å². The molecule has 1 saturated heterocycles. The predicted octanol–water partition coefficient (Wildman–Crippen LogP) is 0.343. The van der Waals surface area contributed by atoms with Crippen molar-refractivity contribution in [3.05, 3.63) is 0 Å². The second-order valence-corrected chi connectivity index (χ2v) is 6.72. The molecule has 0 spiro atoms. The Bertz CT molecular complexity index is 383. The van der Waals surface area contributed by atoms with Gasteiger partial charge in [0, 0.05) is 32.7 Å². The molecule has 1 aliphatic rings. The van der Waals surface area contributed by atoms with Crippen LogP contribution < -0.4 is 4.72 Å². The molecule has 1 heterocycles. The molecule has 1 rings (SSSR count). The first-order valence-corrected chi connectivity index (χ1v) is 8.65. The zero-order chi connectivity index (χ0) is 14.3. The van der Waals surface area contributed by atoms with Crippen LogP contribution in [0, 0.1) is 0 Å². The molecule has 0 aliphatic carbocycles. The maximum atomic E-state index is 11.9. The molecule has 0 unspecified atom stereocenters. The van der Waals surface area contributed by atoms with Gasteiger partial charge in [0.2, 0.25) is 15.9 Å². The fraction of sp³-hybridized carbons (Fsp3) is 0.917. The van der Waals surface area contributed by atoms with Gasteiger partial charge in [-0.25, -0.2) is 13.1 Å². The number of piperidine rings is 1. The van der Waals surface area contributed by atoms with Crippen LogP contribution in [0.5, 0.6) is 0 Å². The average Bonchev–Trinajstić information content (AvgIpc) is 2.35. The molecule has 0 aromatic carbocycles. The zero-order valence-electron chi connectivity index (χ0n) is 11.7. The lowest BCUT2D eigenvalue weighted by atomic mass is 10.1. The van der Waals surface area contributed by atoms with Crippen LogP contribution in [0.3, 0.4) is 0 Å². The molecule has 112 valence electrons. The largest absolute Gasteiger partial charge is 0.376 e. The number of ether oxygens (including phenoxy) is 1. The number of carbonyl (C=O) groups excluding carboxylic acids is 1. The normalized spacial score (nSPS) is 20.5.